The van der Waals surface area contributed by atoms with Crippen molar-refractivity contribution in [1.29, 1.82) is 0 Å². The van der Waals surface area contributed by atoms with Crippen molar-refractivity contribution in [2.75, 3.05) is 10.6 Å². The van der Waals surface area contributed by atoms with Gasteiger partial charge in [-0.1, -0.05) is 18.2 Å². The second-order valence-corrected chi connectivity index (χ2v) is 6.51. The molecule has 2 amide bonds. The van der Waals surface area contributed by atoms with Crippen LogP contribution in [0.4, 0.5) is 15.8 Å². The number of rotatable bonds is 5. The van der Waals surface area contributed by atoms with Crippen LogP contribution < -0.4 is 10.6 Å². The maximum Gasteiger partial charge on any atom is 0.240 e. The third-order valence-electron chi connectivity index (χ3n) is 4.64. The molecule has 2 N–H and O–H groups in total. The summed E-state index contributed by atoms with van der Waals surface area (Å²) in [5, 5.41) is 5.52. The second kappa shape index (κ2) is 5.84. The van der Waals surface area contributed by atoms with Crippen LogP contribution in [0.1, 0.15) is 24.8 Å². The second-order valence-electron chi connectivity index (χ2n) is 6.51. The van der Waals surface area contributed by atoms with Gasteiger partial charge in [-0.15, -0.1) is 0 Å². The van der Waals surface area contributed by atoms with Gasteiger partial charge >= 0.3 is 0 Å². The van der Waals surface area contributed by atoms with E-state index in [1.54, 1.807) is 0 Å². The Hall–Kier alpha value is -2.95. The summed E-state index contributed by atoms with van der Waals surface area (Å²) in [5.74, 6) is -1.02. The van der Waals surface area contributed by atoms with Gasteiger partial charge in [0.2, 0.25) is 11.8 Å². The van der Waals surface area contributed by atoms with E-state index in [1.165, 1.54) is 29.8 Å². The smallest absolute Gasteiger partial charge is 0.240 e. The first-order valence-corrected chi connectivity index (χ1v) is 8.25. The molecule has 1 saturated carbocycles. The van der Waals surface area contributed by atoms with E-state index in [2.05, 4.69) is 16.7 Å². The number of anilines is 2. The lowest BCUT2D eigenvalue weighted by molar-refractivity contribution is -0.131. The monoisotopic (exact) mass is 336 g/mol. The molecule has 0 radical (unpaired) electrons. The molecule has 0 bridgehead atoms. The van der Waals surface area contributed by atoms with Gasteiger partial charge in [-0.25, -0.2) is 4.39 Å². The van der Waals surface area contributed by atoms with E-state index in [0.29, 0.717) is 24.2 Å². The summed E-state index contributed by atoms with van der Waals surface area (Å²) in [6.45, 7) is 0. The van der Waals surface area contributed by atoms with Crippen LogP contribution >= 0.6 is 0 Å². The molecule has 4 rings (SSSR count). The lowest BCUT2D eigenvalue weighted by Crippen LogP contribution is -2.35. The average molecular weight is 336 g/mol. The van der Waals surface area contributed by atoms with Crippen molar-refractivity contribution >= 4 is 28.8 Å². The molecule has 2 aromatic rings. The normalized spacial score (nSPS) is 16.6. The number of carbonyl (C=O) groups is 2. The van der Waals surface area contributed by atoms with E-state index in [-0.39, 0.29) is 17.6 Å². The fourth-order valence-corrected chi connectivity index (χ4v) is 2.77. The van der Waals surface area contributed by atoms with Gasteiger partial charge < -0.3 is 10.6 Å². The Morgan fingerprint density at radius 2 is 1.32 bits per heavy atom. The molecule has 0 atom stereocenters. The third kappa shape index (κ3) is 3.18. The molecule has 0 aliphatic heterocycles. The van der Waals surface area contributed by atoms with Crippen LogP contribution in [0.15, 0.2) is 54.6 Å². The molecule has 0 heterocycles. The van der Waals surface area contributed by atoms with Gasteiger partial charge in [0.05, 0.1) is 0 Å². The van der Waals surface area contributed by atoms with Crippen LogP contribution in [0.25, 0.3) is 5.57 Å². The van der Waals surface area contributed by atoms with Gasteiger partial charge in [-0.05, 0) is 66.8 Å². The molecular weight excluding hydrogens is 319 g/mol. The molecule has 2 aliphatic carbocycles. The lowest BCUT2D eigenvalue weighted by atomic mass is 10.0. The zero-order valence-corrected chi connectivity index (χ0v) is 13.5. The molecule has 1 fully saturated rings. The number of amides is 2. The molecule has 2 aliphatic rings. The van der Waals surface area contributed by atoms with Crippen molar-refractivity contribution in [3.05, 3.63) is 66.0 Å². The Labute approximate surface area is 144 Å². The van der Waals surface area contributed by atoms with Crippen molar-refractivity contribution in [1.82, 2.24) is 0 Å². The van der Waals surface area contributed by atoms with E-state index in [4.69, 9.17) is 0 Å². The van der Waals surface area contributed by atoms with Crippen LogP contribution in [0.2, 0.25) is 0 Å². The van der Waals surface area contributed by atoms with Gasteiger partial charge in [0.1, 0.15) is 11.2 Å². The number of carbonyl (C=O) groups excluding carboxylic acids is 2. The summed E-state index contributed by atoms with van der Waals surface area (Å²) in [6.07, 6.45) is 4.19. The molecule has 25 heavy (non-hydrogen) atoms. The van der Waals surface area contributed by atoms with Gasteiger partial charge in [0.15, 0.2) is 0 Å². The minimum Gasteiger partial charge on any atom is -0.325 e. The fraction of sp³-hybridized carbons (Fsp3) is 0.200. The Kier molecular flexibility index (Phi) is 3.64. The molecule has 0 spiro atoms. The molecule has 5 heteroatoms. The van der Waals surface area contributed by atoms with E-state index >= 15 is 0 Å². The fourth-order valence-electron chi connectivity index (χ4n) is 2.77. The minimum atomic E-state index is -1.04. The highest BCUT2D eigenvalue weighted by Gasteiger charge is 2.56. The summed E-state index contributed by atoms with van der Waals surface area (Å²) in [7, 11) is 0. The third-order valence-corrected chi connectivity index (χ3v) is 4.64. The van der Waals surface area contributed by atoms with Crippen molar-refractivity contribution in [2.45, 2.75) is 19.3 Å². The first kappa shape index (κ1) is 15.6. The van der Waals surface area contributed by atoms with Crippen LogP contribution in [-0.4, -0.2) is 11.8 Å². The predicted octanol–water partition coefficient (Wildman–Crippen LogP) is 3.97. The van der Waals surface area contributed by atoms with Gasteiger partial charge in [-0.2, -0.15) is 0 Å². The molecule has 0 aromatic heterocycles. The first-order valence-electron chi connectivity index (χ1n) is 8.25. The number of halogens is 1. The molecular formula is C20H17FN2O2. The summed E-state index contributed by atoms with van der Waals surface area (Å²) in [6, 6.07) is 13.1. The SMILES string of the molecule is O=C(Nc1ccc(F)cc1)C1(C(=O)Nc2ccc(C3=CC3)cc2)CC1. The first-order chi connectivity index (χ1) is 12.1. The Bertz CT molecular complexity index is 866. The number of allylic oxidation sites excluding steroid dienone is 2. The zero-order valence-electron chi connectivity index (χ0n) is 13.5. The minimum absolute atomic E-state index is 0.300. The van der Waals surface area contributed by atoms with Gasteiger partial charge in [0.25, 0.3) is 0 Å². The van der Waals surface area contributed by atoms with Crippen molar-refractivity contribution in [3.63, 3.8) is 0 Å². The van der Waals surface area contributed by atoms with Crippen LogP contribution in [-0.2, 0) is 9.59 Å². The molecule has 0 unspecified atom stereocenters. The van der Waals surface area contributed by atoms with Crippen molar-refractivity contribution in [3.8, 4) is 0 Å². The maximum absolute atomic E-state index is 12.9. The largest absolute Gasteiger partial charge is 0.325 e. The van der Waals surface area contributed by atoms with Crippen LogP contribution in [0, 0.1) is 11.2 Å². The Balaban J connectivity index is 1.42. The molecule has 126 valence electrons. The average Bonchev–Trinajstić information content (AvgIpc) is 3.49. The van der Waals surface area contributed by atoms with Crippen molar-refractivity contribution in [2.24, 2.45) is 5.41 Å². The van der Waals surface area contributed by atoms with Crippen molar-refractivity contribution < 1.29 is 14.0 Å². The zero-order chi connectivity index (χ0) is 17.4. The summed E-state index contributed by atoms with van der Waals surface area (Å²) in [4.78, 5) is 25.1. The quantitative estimate of drug-likeness (QED) is 0.812. The summed E-state index contributed by atoms with van der Waals surface area (Å²) >= 11 is 0. The number of benzene rings is 2. The summed E-state index contributed by atoms with van der Waals surface area (Å²) < 4.78 is 12.9. The molecule has 2 aromatic carbocycles. The van der Waals surface area contributed by atoms with E-state index < -0.39 is 5.41 Å². The lowest BCUT2D eigenvalue weighted by Gasteiger charge is -2.15. The Morgan fingerprint density at radius 1 is 0.840 bits per heavy atom. The van der Waals surface area contributed by atoms with Crippen LogP contribution in [0.3, 0.4) is 0 Å². The number of nitrogens with one attached hydrogen (secondary N) is 2. The highest BCUT2D eigenvalue weighted by Crippen LogP contribution is 2.47. The number of hydrogen-bond donors (Lipinski definition) is 2. The van der Waals surface area contributed by atoms with E-state index in [0.717, 1.165) is 12.0 Å². The van der Waals surface area contributed by atoms with E-state index in [9.17, 15) is 14.0 Å². The highest BCUT2D eigenvalue weighted by molar-refractivity contribution is 6.16. The van der Waals surface area contributed by atoms with Crippen LogP contribution in [0.5, 0.6) is 0 Å². The molecule has 4 nitrogen and oxygen atoms in total. The summed E-state index contributed by atoms with van der Waals surface area (Å²) in [5.41, 5.74) is 2.60. The Morgan fingerprint density at radius 3 is 1.76 bits per heavy atom. The highest BCUT2D eigenvalue weighted by atomic mass is 19.1. The number of hydrogen-bond acceptors (Lipinski definition) is 2. The van der Waals surface area contributed by atoms with E-state index in [1.807, 2.05) is 24.3 Å². The van der Waals surface area contributed by atoms with Gasteiger partial charge in [-0.3, -0.25) is 9.59 Å². The predicted molar refractivity (Wildman–Crippen MR) is 94.4 cm³/mol. The van der Waals surface area contributed by atoms with Gasteiger partial charge in [0, 0.05) is 11.4 Å². The standard InChI is InChI=1S/C20H17FN2O2/c21-15-5-9-17(10-6-15)23-19(25)20(11-12-20)18(24)22-16-7-3-14(4-8-16)13-1-2-13/h1,3-10H,2,11-12H2,(H,22,24)(H,23,25). The molecule has 0 saturated heterocycles. The topological polar surface area (TPSA) is 58.2 Å². The maximum atomic E-state index is 12.9.